The average Bonchev–Trinajstić information content (AvgIpc) is 2.61. The van der Waals surface area contributed by atoms with E-state index in [1.165, 1.54) is 11.1 Å². The molecule has 0 aromatic heterocycles. The van der Waals surface area contributed by atoms with Gasteiger partial charge in [0.2, 0.25) is 0 Å². The summed E-state index contributed by atoms with van der Waals surface area (Å²) in [6, 6.07) is 16.3. The number of benzene rings is 2. The zero-order chi connectivity index (χ0) is 22.1. The third kappa shape index (κ3) is 9.33. The van der Waals surface area contributed by atoms with Crippen molar-refractivity contribution in [2.24, 2.45) is 0 Å². The Hall–Kier alpha value is -2.75. The topological polar surface area (TPSA) is 72.5 Å². The highest BCUT2D eigenvalue weighted by Gasteiger charge is 2.18. The van der Waals surface area contributed by atoms with Crippen molar-refractivity contribution in [3.05, 3.63) is 70.8 Å². The van der Waals surface area contributed by atoms with Gasteiger partial charge in [0.1, 0.15) is 5.60 Å². The van der Waals surface area contributed by atoms with Gasteiger partial charge in [-0.25, -0.2) is 4.79 Å². The van der Waals surface area contributed by atoms with E-state index in [1.54, 1.807) is 6.07 Å². The fourth-order valence-corrected chi connectivity index (χ4v) is 2.64. The largest absolute Gasteiger partial charge is 0.456 e. The molecular formula is C24H31NO4. The van der Waals surface area contributed by atoms with Gasteiger partial charge in [0, 0.05) is 13.1 Å². The van der Waals surface area contributed by atoms with Crippen LogP contribution in [0.2, 0.25) is 0 Å². The lowest BCUT2D eigenvalue weighted by Crippen LogP contribution is -2.24. The van der Waals surface area contributed by atoms with Crippen LogP contribution in [0, 0.1) is 0 Å². The van der Waals surface area contributed by atoms with Gasteiger partial charge in [-0.1, -0.05) is 57.2 Å². The molecule has 0 aliphatic rings. The maximum Gasteiger partial charge on any atom is 0.373 e. The Kier molecular flexibility index (Phi) is 8.96. The van der Waals surface area contributed by atoms with Gasteiger partial charge in [0.15, 0.2) is 0 Å². The van der Waals surface area contributed by atoms with Crippen LogP contribution in [-0.4, -0.2) is 17.7 Å². The monoisotopic (exact) mass is 397 g/mol. The standard InChI is InChI=1S/C23H31NO2.CO2/c1-22(2,3)20-12-8-10-18(14-20)16-24-15-17-9-7-11-19(13-17)21(25)26-23(4,5)6;2-1-3/h7-14,24H,15-16H2,1-6H3;. The molecule has 0 atom stereocenters. The quantitative estimate of drug-likeness (QED) is 0.744. The summed E-state index contributed by atoms with van der Waals surface area (Å²) in [6.45, 7) is 13.8. The summed E-state index contributed by atoms with van der Waals surface area (Å²) in [5.74, 6) is -0.280. The number of ether oxygens (including phenoxy) is 1. The van der Waals surface area contributed by atoms with E-state index in [0.717, 1.165) is 12.1 Å². The number of esters is 1. The van der Waals surface area contributed by atoms with Crippen LogP contribution < -0.4 is 5.32 Å². The normalized spacial score (nSPS) is 11.1. The molecule has 5 heteroatoms. The maximum atomic E-state index is 12.2. The first kappa shape index (κ1) is 24.3. The van der Waals surface area contributed by atoms with Crippen LogP contribution in [0.15, 0.2) is 48.5 Å². The second-order valence-electron chi connectivity index (χ2n) is 8.84. The molecule has 0 radical (unpaired) electrons. The summed E-state index contributed by atoms with van der Waals surface area (Å²) >= 11 is 0. The van der Waals surface area contributed by atoms with Crippen LogP contribution in [0.3, 0.4) is 0 Å². The Morgan fingerprint density at radius 2 is 1.41 bits per heavy atom. The molecule has 0 spiro atoms. The van der Waals surface area contributed by atoms with Gasteiger partial charge in [0.25, 0.3) is 0 Å². The van der Waals surface area contributed by atoms with E-state index in [9.17, 15) is 4.79 Å². The Bertz CT molecular complexity index is 838. The first-order valence-corrected chi connectivity index (χ1v) is 9.58. The molecular weight excluding hydrogens is 366 g/mol. The fraction of sp³-hybridized carbons (Fsp3) is 0.417. The zero-order valence-corrected chi connectivity index (χ0v) is 18.2. The Morgan fingerprint density at radius 3 is 1.93 bits per heavy atom. The average molecular weight is 398 g/mol. The zero-order valence-electron chi connectivity index (χ0n) is 18.2. The molecule has 0 amide bonds. The number of carbonyl (C=O) groups excluding carboxylic acids is 3. The minimum atomic E-state index is -0.483. The summed E-state index contributed by atoms with van der Waals surface area (Å²) in [5, 5.41) is 3.46. The van der Waals surface area contributed by atoms with E-state index in [-0.39, 0.29) is 17.5 Å². The SMILES string of the molecule is CC(C)(C)OC(=O)c1cccc(CNCc2cccc(C(C)(C)C)c2)c1.O=C=O. The molecule has 156 valence electrons. The molecule has 0 unspecified atom stereocenters. The molecule has 5 nitrogen and oxygen atoms in total. The first-order valence-electron chi connectivity index (χ1n) is 9.58. The first-order chi connectivity index (χ1) is 13.5. The highest BCUT2D eigenvalue weighted by molar-refractivity contribution is 5.89. The lowest BCUT2D eigenvalue weighted by atomic mass is 9.86. The van der Waals surface area contributed by atoms with Crippen LogP contribution in [0.1, 0.15) is 68.6 Å². The van der Waals surface area contributed by atoms with Crippen molar-refractivity contribution in [2.75, 3.05) is 0 Å². The van der Waals surface area contributed by atoms with Crippen molar-refractivity contribution in [3.8, 4) is 0 Å². The molecule has 0 heterocycles. The predicted molar refractivity (Wildman–Crippen MR) is 112 cm³/mol. The summed E-state index contributed by atoms with van der Waals surface area (Å²) in [7, 11) is 0. The Balaban J connectivity index is 0.00000132. The minimum absolute atomic E-state index is 0.151. The van der Waals surface area contributed by atoms with Gasteiger partial charge in [-0.15, -0.1) is 0 Å². The van der Waals surface area contributed by atoms with Crippen LogP contribution in [0.25, 0.3) is 0 Å². The number of hydrogen-bond acceptors (Lipinski definition) is 5. The molecule has 29 heavy (non-hydrogen) atoms. The molecule has 2 aromatic rings. The van der Waals surface area contributed by atoms with E-state index in [2.05, 4.69) is 50.4 Å². The highest BCUT2D eigenvalue weighted by Crippen LogP contribution is 2.22. The van der Waals surface area contributed by atoms with Gasteiger partial charge >= 0.3 is 12.1 Å². The molecule has 2 aromatic carbocycles. The van der Waals surface area contributed by atoms with Gasteiger partial charge in [0.05, 0.1) is 5.56 Å². The minimum Gasteiger partial charge on any atom is -0.456 e. The van der Waals surface area contributed by atoms with Crippen LogP contribution in [0.4, 0.5) is 0 Å². The number of nitrogens with one attached hydrogen (secondary N) is 1. The van der Waals surface area contributed by atoms with E-state index >= 15 is 0 Å². The number of hydrogen-bond donors (Lipinski definition) is 1. The van der Waals surface area contributed by atoms with Crippen molar-refractivity contribution >= 4 is 12.1 Å². The summed E-state index contributed by atoms with van der Waals surface area (Å²) in [6.07, 6.45) is 0.250. The van der Waals surface area contributed by atoms with E-state index in [4.69, 9.17) is 14.3 Å². The third-order valence-electron chi connectivity index (χ3n) is 4.01. The Labute approximate surface area is 173 Å². The summed E-state index contributed by atoms with van der Waals surface area (Å²) < 4.78 is 5.44. The van der Waals surface area contributed by atoms with Crippen molar-refractivity contribution in [1.29, 1.82) is 0 Å². The van der Waals surface area contributed by atoms with Crippen molar-refractivity contribution < 1.29 is 19.1 Å². The van der Waals surface area contributed by atoms with E-state index in [0.29, 0.717) is 12.1 Å². The third-order valence-corrected chi connectivity index (χ3v) is 4.01. The van der Waals surface area contributed by atoms with Crippen molar-refractivity contribution in [3.63, 3.8) is 0 Å². The van der Waals surface area contributed by atoms with Crippen LogP contribution in [-0.2, 0) is 32.8 Å². The fourth-order valence-electron chi connectivity index (χ4n) is 2.64. The molecule has 0 saturated heterocycles. The van der Waals surface area contributed by atoms with E-state index in [1.807, 2.05) is 39.0 Å². The second kappa shape index (κ2) is 10.7. The molecule has 1 N–H and O–H groups in total. The molecule has 0 fully saturated rings. The van der Waals surface area contributed by atoms with Crippen molar-refractivity contribution in [2.45, 2.75) is 65.6 Å². The lowest BCUT2D eigenvalue weighted by molar-refractivity contribution is -0.191. The van der Waals surface area contributed by atoms with Crippen molar-refractivity contribution in [1.82, 2.24) is 5.32 Å². The predicted octanol–water partition coefficient (Wildman–Crippen LogP) is 4.65. The molecule has 0 aliphatic heterocycles. The highest BCUT2D eigenvalue weighted by atomic mass is 16.6. The lowest BCUT2D eigenvalue weighted by Gasteiger charge is -2.20. The summed E-state index contributed by atoms with van der Waals surface area (Å²) in [4.78, 5) is 28.4. The second-order valence-corrected chi connectivity index (χ2v) is 8.84. The van der Waals surface area contributed by atoms with Gasteiger partial charge in [-0.05, 0) is 55.0 Å². The number of rotatable bonds is 5. The summed E-state index contributed by atoms with van der Waals surface area (Å²) in [5.41, 5.74) is 3.93. The van der Waals surface area contributed by atoms with Crippen LogP contribution >= 0.6 is 0 Å². The smallest absolute Gasteiger partial charge is 0.373 e. The molecule has 2 rings (SSSR count). The van der Waals surface area contributed by atoms with Crippen LogP contribution in [0.5, 0.6) is 0 Å². The number of carbonyl (C=O) groups is 1. The van der Waals surface area contributed by atoms with Gasteiger partial charge in [-0.3, -0.25) is 0 Å². The van der Waals surface area contributed by atoms with Gasteiger partial charge in [-0.2, -0.15) is 9.59 Å². The molecule has 0 aliphatic carbocycles. The Morgan fingerprint density at radius 1 is 0.897 bits per heavy atom. The van der Waals surface area contributed by atoms with E-state index < -0.39 is 5.60 Å². The molecule has 0 saturated carbocycles. The molecule has 0 bridgehead atoms. The maximum absolute atomic E-state index is 12.2. The van der Waals surface area contributed by atoms with Gasteiger partial charge < -0.3 is 10.1 Å².